The Morgan fingerprint density at radius 2 is 1.70 bits per heavy atom. The molecule has 2 aromatic heterocycles. The van der Waals surface area contributed by atoms with Gasteiger partial charge in [-0.3, -0.25) is 4.98 Å². The highest BCUT2D eigenvalue weighted by molar-refractivity contribution is 6.62. The van der Waals surface area contributed by atoms with Gasteiger partial charge in [0.2, 0.25) is 0 Å². The Hall–Kier alpha value is -2.71. The van der Waals surface area contributed by atoms with Crippen molar-refractivity contribution in [3.05, 3.63) is 41.5 Å². The Kier molecular flexibility index (Phi) is 9.33. The molecule has 1 atom stereocenters. The maximum absolute atomic E-state index is 16.1. The zero-order valence-electron chi connectivity index (χ0n) is 27.8. The van der Waals surface area contributed by atoms with E-state index in [0.717, 1.165) is 16.3 Å². The molecule has 252 valence electrons. The van der Waals surface area contributed by atoms with Crippen LogP contribution in [0.5, 0.6) is 0 Å². The van der Waals surface area contributed by atoms with E-state index < -0.39 is 48.4 Å². The summed E-state index contributed by atoms with van der Waals surface area (Å²) in [5.74, 6) is -0.739. The van der Waals surface area contributed by atoms with Crippen molar-refractivity contribution in [1.29, 1.82) is 0 Å². The Labute approximate surface area is 268 Å². The van der Waals surface area contributed by atoms with Crippen molar-refractivity contribution < 1.29 is 41.5 Å². The van der Waals surface area contributed by atoms with Crippen LogP contribution < -0.4 is 10.4 Å². The molecule has 0 aliphatic carbocycles. The molecule has 2 aliphatic rings. The first-order valence-corrected chi connectivity index (χ1v) is 15.6. The van der Waals surface area contributed by atoms with E-state index in [1.165, 1.54) is 7.11 Å². The summed E-state index contributed by atoms with van der Waals surface area (Å²) in [7, 11) is 0.442. The van der Waals surface area contributed by atoms with Crippen LogP contribution in [0.15, 0.2) is 24.4 Å². The standard InChI is InChI=1S/C33H44BF4N3O5/c1-20(43-8)28-23(13-21(17-39-28)40-9-11-44-12-10-40)29-24(16-30(2,3)19-42)22-14-25(34-45-31(4,5)32(6,7)46-34)26(35)15-27(22)41(29)18-33(36,37)38/h13-15,17,20,42H,9-12,16,18-19H2,1-8H3/t20-/m0/s1. The molecular formula is C33H44BF4N3O5. The quantitative estimate of drug-likeness (QED) is 0.232. The van der Waals surface area contributed by atoms with Gasteiger partial charge in [0.1, 0.15) is 12.4 Å². The van der Waals surface area contributed by atoms with Gasteiger partial charge >= 0.3 is 13.3 Å². The fourth-order valence-corrected chi connectivity index (χ4v) is 6.06. The fourth-order valence-electron chi connectivity index (χ4n) is 6.06. The number of benzene rings is 1. The summed E-state index contributed by atoms with van der Waals surface area (Å²) >= 11 is 0. The van der Waals surface area contributed by atoms with Crippen molar-refractivity contribution in [2.24, 2.45) is 5.41 Å². The summed E-state index contributed by atoms with van der Waals surface area (Å²) in [5.41, 5.74) is 0.314. The van der Waals surface area contributed by atoms with Gasteiger partial charge < -0.3 is 33.4 Å². The summed E-state index contributed by atoms with van der Waals surface area (Å²) in [5, 5.41) is 10.7. The molecule has 0 unspecified atom stereocenters. The Morgan fingerprint density at radius 1 is 1.07 bits per heavy atom. The van der Waals surface area contributed by atoms with Crippen molar-refractivity contribution in [2.75, 3.05) is 44.9 Å². The molecule has 2 aliphatic heterocycles. The molecule has 0 amide bonds. The number of halogens is 4. The summed E-state index contributed by atoms with van der Waals surface area (Å²) in [6.45, 7) is 13.5. The molecule has 0 bridgehead atoms. The summed E-state index contributed by atoms with van der Waals surface area (Å²) in [6, 6.07) is 4.52. The summed E-state index contributed by atoms with van der Waals surface area (Å²) < 4.78 is 83.9. The smallest absolute Gasteiger partial charge is 0.399 e. The fraction of sp³-hybridized carbons (Fsp3) is 0.606. The number of morpholine rings is 1. The van der Waals surface area contributed by atoms with E-state index in [1.54, 1.807) is 19.2 Å². The molecule has 2 fully saturated rings. The first kappa shape index (κ1) is 34.6. The second-order valence-corrected chi connectivity index (χ2v) is 14.1. The Balaban J connectivity index is 1.85. The Morgan fingerprint density at radius 3 is 2.26 bits per heavy atom. The molecule has 46 heavy (non-hydrogen) atoms. The topological polar surface area (TPSA) is 78.2 Å². The zero-order chi connectivity index (χ0) is 33.8. The number of aromatic nitrogens is 2. The maximum Gasteiger partial charge on any atom is 0.497 e. The van der Waals surface area contributed by atoms with E-state index in [2.05, 4.69) is 4.90 Å². The number of pyridine rings is 1. The zero-order valence-corrected chi connectivity index (χ0v) is 27.8. The molecule has 4 heterocycles. The lowest BCUT2D eigenvalue weighted by molar-refractivity contribution is -0.139. The van der Waals surface area contributed by atoms with Gasteiger partial charge in [-0.2, -0.15) is 13.2 Å². The van der Waals surface area contributed by atoms with Crippen LogP contribution in [0, 0.1) is 11.2 Å². The molecule has 8 nitrogen and oxygen atoms in total. The number of fused-ring (bicyclic) bond motifs is 1. The molecule has 0 radical (unpaired) electrons. The van der Waals surface area contributed by atoms with E-state index in [9.17, 15) is 18.3 Å². The van der Waals surface area contributed by atoms with E-state index in [-0.39, 0.29) is 29.7 Å². The van der Waals surface area contributed by atoms with E-state index in [4.69, 9.17) is 23.8 Å². The normalized spacial score (nSPS) is 19.3. The van der Waals surface area contributed by atoms with Gasteiger partial charge in [0.15, 0.2) is 0 Å². The minimum atomic E-state index is -4.63. The minimum Gasteiger partial charge on any atom is -0.399 e. The molecule has 1 N–H and O–H groups in total. The average Bonchev–Trinajstić information content (AvgIpc) is 3.37. The first-order chi connectivity index (χ1) is 21.4. The van der Waals surface area contributed by atoms with Crippen molar-refractivity contribution >= 4 is 29.2 Å². The second kappa shape index (κ2) is 12.4. The number of methoxy groups -OCH3 is 1. The van der Waals surface area contributed by atoms with Crippen molar-refractivity contribution in [2.45, 2.75) is 84.9 Å². The second-order valence-electron chi connectivity index (χ2n) is 14.1. The predicted molar refractivity (Wildman–Crippen MR) is 170 cm³/mol. The van der Waals surface area contributed by atoms with Gasteiger partial charge in [-0.1, -0.05) is 13.8 Å². The van der Waals surface area contributed by atoms with Crippen LogP contribution in [0.4, 0.5) is 23.2 Å². The van der Waals surface area contributed by atoms with Crippen LogP contribution >= 0.6 is 0 Å². The number of aliphatic hydroxyl groups excluding tert-OH is 1. The van der Waals surface area contributed by atoms with Crippen molar-refractivity contribution in [1.82, 2.24) is 9.55 Å². The molecule has 5 rings (SSSR count). The maximum atomic E-state index is 16.1. The first-order valence-electron chi connectivity index (χ1n) is 15.6. The highest BCUT2D eigenvalue weighted by atomic mass is 19.4. The lowest BCUT2D eigenvalue weighted by atomic mass is 9.77. The molecule has 13 heteroatoms. The number of alkyl halides is 3. The van der Waals surface area contributed by atoms with Gasteiger partial charge in [0, 0.05) is 43.2 Å². The monoisotopic (exact) mass is 649 g/mol. The van der Waals surface area contributed by atoms with Gasteiger partial charge in [0.05, 0.1) is 59.3 Å². The Bertz CT molecular complexity index is 1570. The van der Waals surface area contributed by atoms with Crippen LogP contribution in [0.2, 0.25) is 0 Å². The van der Waals surface area contributed by atoms with E-state index in [0.29, 0.717) is 48.5 Å². The van der Waals surface area contributed by atoms with Gasteiger partial charge in [-0.15, -0.1) is 0 Å². The van der Waals surface area contributed by atoms with E-state index in [1.807, 2.05) is 47.6 Å². The lowest BCUT2D eigenvalue weighted by Gasteiger charge is -2.32. The van der Waals surface area contributed by atoms with Crippen LogP contribution in [-0.2, 0) is 31.7 Å². The number of hydrogen-bond donors (Lipinski definition) is 1. The largest absolute Gasteiger partial charge is 0.497 e. The third kappa shape index (κ3) is 6.67. The van der Waals surface area contributed by atoms with Crippen molar-refractivity contribution in [3.8, 4) is 11.3 Å². The molecule has 3 aromatic rings. The van der Waals surface area contributed by atoms with Gasteiger partial charge in [-0.25, -0.2) is 4.39 Å². The number of anilines is 1. The minimum absolute atomic E-state index is 0.0710. The number of aliphatic hydroxyl groups is 1. The van der Waals surface area contributed by atoms with Gasteiger partial charge in [0.25, 0.3) is 0 Å². The third-order valence-corrected chi connectivity index (χ3v) is 9.49. The van der Waals surface area contributed by atoms with Crippen LogP contribution in [0.25, 0.3) is 22.2 Å². The highest BCUT2D eigenvalue weighted by Crippen LogP contribution is 2.43. The molecular weight excluding hydrogens is 605 g/mol. The summed E-state index contributed by atoms with van der Waals surface area (Å²) in [4.78, 5) is 6.81. The lowest BCUT2D eigenvalue weighted by Crippen LogP contribution is -2.41. The molecule has 0 spiro atoms. The summed E-state index contributed by atoms with van der Waals surface area (Å²) in [6.07, 6.45) is -3.31. The number of rotatable bonds is 9. The molecule has 2 saturated heterocycles. The number of hydrogen-bond acceptors (Lipinski definition) is 7. The third-order valence-electron chi connectivity index (χ3n) is 9.49. The average molecular weight is 650 g/mol. The van der Waals surface area contributed by atoms with Crippen LogP contribution in [0.3, 0.4) is 0 Å². The SMILES string of the molecule is CO[C@@H](C)c1ncc(N2CCOCC2)cc1-c1c(CC(C)(C)CO)c2cc(B3OC(C)(C)C(C)(C)O3)c(F)cc2n1CC(F)(F)F. The predicted octanol–water partition coefficient (Wildman–Crippen LogP) is 5.81. The van der Waals surface area contributed by atoms with Crippen LogP contribution in [-0.4, -0.2) is 79.2 Å². The number of ether oxygens (including phenoxy) is 2. The van der Waals surface area contributed by atoms with Crippen LogP contribution in [0.1, 0.15) is 65.8 Å². The highest BCUT2D eigenvalue weighted by Gasteiger charge is 2.52. The molecule has 1 aromatic carbocycles. The van der Waals surface area contributed by atoms with E-state index >= 15 is 4.39 Å². The van der Waals surface area contributed by atoms with Gasteiger partial charge in [-0.05, 0) is 70.2 Å². The number of nitrogens with zero attached hydrogens (tertiary/aromatic N) is 3. The van der Waals surface area contributed by atoms with Crippen molar-refractivity contribution in [3.63, 3.8) is 0 Å². The molecule has 0 saturated carbocycles.